The molecule has 9 heteroatoms. The number of fused-ring (bicyclic) bond motifs is 3. The van der Waals surface area contributed by atoms with Crippen LogP contribution < -0.4 is 0 Å². The maximum absolute atomic E-state index is 13.6. The monoisotopic (exact) mass is 485 g/mol. The van der Waals surface area contributed by atoms with E-state index < -0.39 is 25.1 Å². The molecule has 2 amide bonds. The first kappa shape index (κ1) is 22.7. The van der Waals surface area contributed by atoms with Gasteiger partial charge in [0.25, 0.3) is 0 Å². The molecule has 2 saturated heterocycles. The topological polar surface area (TPSA) is 87.1 Å². The molecule has 33 heavy (non-hydrogen) atoms. The van der Waals surface area contributed by atoms with Crippen LogP contribution in [0, 0.1) is 17.8 Å². The van der Waals surface area contributed by atoms with Gasteiger partial charge in [0.1, 0.15) is 5.75 Å². The normalized spacial score (nSPS) is 27.2. The number of imide groups is 1. The van der Waals surface area contributed by atoms with Gasteiger partial charge in [-0.1, -0.05) is 42.7 Å². The summed E-state index contributed by atoms with van der Waals surface area (Å²) in [6, 6.07) is 8.50. The Bertz CT molecular complexity index is 1120. The van der Waals surface area contributed by atoms with E-state index in [1.165, 1.54) is 28.4 Å². The van der Waals surface area contributed by atoms with E-state index in [0.717, 1.165) is 28.8 Å². The van der Waals surface area contributed by atoms with Crippen LogP contribution in [-0.2, 0) is 20.8 Å². The summed E-state index contributed by atoms with van der Waals surface area (Å²) < 4.78 is 5.99. The predicted molar refractivity (Wildman–Crippen MR) is 126 cm³/mol. The fraction of sp³-hybridized carbons (Fsp3) is 0.417. The second-order valence-electron chi connectivity index (χ2n) is 9.01. The van der Waals surface area contributed by atoms with Crippen molar-refractivity contribution in [2.45, 2.75) is 45.3 Å². The molecular formula is C24H25BClNO5S. The number of allylic oxidation sites excluding steroid dienone is 2. The number of rotatable bonds is 5. The Labute approximate surface area is 202 Å². The molecule has 172 valence electrons. The number of aromatic hydroxyl groups is 1. The first-order valence-corrected chi connectivity index (χ1v) is 12.6. The van der Waals surface area contributed by atoms with Crippen LogP contribution in [0.15, 0.2) is 46.8 Å². The molecular weight excluding hydrogens is 461 g/mol. The molecule has 2 aromatic rings. The van der Waals surface area contributed by atoms with Gasteiger partial charge in [0.2, 0.25) is 11.8 Å². The zero-order valence-electron chi connectivity index (χ0n) is 18.2. The fourth-order valence-electron chi connectivity index (χ4n) is 5.71. The van der Waals surface area contributed by atoms with Crippen LogP contribution >= 0.6 is 22.9 Å². The third-order valence-corrected chi connectivity index (χ3v) is 8.27. The van der Waals surface area contributed by atoms with E-state index in [2.05, 4.69) is 6.92 Å². The van der Waals surface area contributed by atoms with Crippen molar-refractivity contribution < 1.29 is 24.4 Å². The minimum absolute atomic E-state index is 0.0458. The SMILES string of the molecule is CCCC1=C2B(O)O[C@H](c3ccc(O)cc3Cl)C[C@H]2[C@H]2C(=O)N(Cc3cccs3)C(=O)[C@H]2C1. The molecule has 5 rings (SSSR count). The first-order valence-electron chi connectivity index (χ1n) is 11.3. The molecule has 4 atom stereocenters. The molecule has 0 radical (unpaired) electrons. The number of halogens is 1. The summed E-state index contributed by atoms with van der Waals surface area (Å²) in [7, 11) is -1.16. The molecule has 3 heterocycles. The minimum Gasteiger partial charge on any atom is -0.508 e. The average molecular weight is 486 g/mol. The van der Waals surface area contributed by atoms with Crippen molar-refractivity contribution in [1.82, 2.24) is 4.90 Å². The van der Waals surface area contributed by atoms with Gasteiger partial charge in [0, 0.05) is 9.90 Å². The van der Waals surface area contributed by atoms with Crippen LogP contribution in [0.4, 0.5) is 0 Å². The fourth-order valence-corrected chi connectivity index (χ4v) is 6.70. The molecule has 1 aromatic carbocycles. The maximum Gasteiger partial charge on any atom is 0.487 e. The average Bonchev–Trinajstić information content (AvgIpc) is 3.36. The van der Waals surface area contributed by atoms with Crippen molar-refractivity contribution in [3.05, 3.63) is 62.2 Å². The molecule has 6 nitrogen and oxygen atoms in total. The van der Waals surface area contributed by atoms with E-state index in [0.29, 0.717) is 30.0 Å². The zero-order valence-corrected chi connectivity index (χ0v) is 19.8. The van der Waals surface area contributed by atoms with E-state index in [-0.39, 0.29) is 23.5 Å². The number of likely N-dealkylation sites (tertiary alicyclic amines) is 1. The van der Waals surface area contributed by atoms with Crippen molar-refractivity contribution in [1.29, 1.82) is 0 Å². The number of carbonyl (C=O) groups is 2. The second-order valence-corrected chi connectivity index (χ2v) is 10.5. The number of amides is 2. The molecule has 2 aliphatic heterocycles. The largest absolute Gasteiger partial charge is 0.508 e. The number of phenols is 1. The molecule has 0 unspecified atom stereocenters. The van der Waals surface area contributed by atoms with E-state index in [4.69, 9.17) is 16.3 Å². The number of carbonyl (C=O) groups excluding carboxylic acids is 2. The van der Waals surface area contributed by atoms with Crippen LogP contribution in [-0.4, -0.2) is 34.0 Å². The third-order valence-electron chi connectivity index (χ3n) is 7.08. The molecule has 0 saturated carbocycles. The predicted octanol–water partition coefficient (Wildman–Crippen LogP) is 4.51. The Morgan fingerprint density at radius 2 is 2.06 bits per heavy atom. The highest BCUT2D eigenvalue weighted by Gasteiger charge is 2.57. The zero-order chi connectivity index (χ0) is 23.3. The smallest absolute Gasteiger partial charge is 0.487 e. The van der Waals surface area contributed by atoms with E-state index >= 15 is 0 Å². The van der Waals surface area contributed by atoms with Crippen LogP contribution in [0.5, 0.6) is 5.75 Å². The van der Waals surface area contributed by atoms with E-state index in [1.54, 1.807) is 6.07 Å². The Morgan fingerprint density at radius 3 is 2.76 bits per heavy atom. The summed E-state index contributed by atoms with van der Waals surface area (Å²) in [6.45, 7) is 2.36. The molecule has 2 N–H and O–H groups in total. The third kappa shape index (κ3) is 3.93. The van der Waals surface area contributed by atoms with Gasteiger partial charge in [0.15, 0.2) is 0 Å². The highest BCUT2D eigenvalue weighted by Crippen LogP contribution is 2.52. The molecule has 0 spiro atoms. The molecule has 3 aliphatic rings. The van der Waals surface area contributed by atoms with Gasteiger partial charge in [-0.25, -0.2) is 0 Å². The lowest BCUT2D eigenvalue weighted by Gasteiger charge is -2.42. The summed E-state index contributed by atoms with van der Waals surface area (Å²) in [5.74, 6) is -1.45. The van der Waals surface area contributed by atoms with Crippen molar-refractivity contribution in [3.63, 3.8) is 0 Å². The van der Waals surface area contributed by atoms with Gasteiger partial charge in [-0.15, -0.1) is 11.3 Å². The number of hydrogen-bond donors (Lipinski definition) is 2. The first-order chi connectivity index (χ1) is 15.9. The lowest BCUT2D eigenvalue weighted by atomic mass is 9.54. The summed E-state index contributed by atoms with van der Waals surface area (Å²) in [6.07, 6.45) is 2.02. The van der Waals surface area contributed by atoms with E-state index in [9.17, 15) is 19.7 Å². The molecule has 1 aromatic heterocycles. The highest BCUT2D eigenvalue weighted by atomic mass is 35.5. The van der Waals surface area contributed by atoms with Gasteiger partial charge in [-0.3, -0.25) is 14.5 Å². The standard InChI is InChI=1S/C24H25BClNO5S/c1-2-4-13-9-18-21(24(30)27(23(18)29)12-15-5-3-8-33-15)17-11-20(32-25(31)22(13)17)16-7-6-14(28)10-19(16)26/h3,5-8,10,17-18,20-21,28,31H,2,4,9,11-12H2,1H3/t17-,18-,20-,21+/m0/s1. The molecule has 0 bridgehead atoms. The molecule has 1 aliphatic carbocycles. The minimum atomic E-state index is -1.16. The van der Waals surface area contributed by atoms with E-state index in [1.807, 2.05) is 17.5 Å². The number of phenolic OH excluding ortho intramolecular Hbond substituents is 1. The van der Waals surface area contributed by atoms with Crippen molar-refractivity contribution in [3.8, 4) is 5.75 Å². The van der Waals surface area contributed by atoms with Gasteiger partial charge in [0.05, 0.1) is 24.5 Å². The Kier molecular flexibility index (Phi) is 6.12. The summed E-state index contributed by atoms with van der Waals surface area (Å²) in [5.41, 5.74) is 2.45. The Morgan fingerprint density at radius 1 is 1.24 bits per heavy atom. The van der Waals surface area contributed by atoms with Crippen molar-refractivity contribution in [2.24, 2.45) is 17.8 Å². The number of benzene rings is 1. The van der Waals surface area contributed by atoms with Gasteiger partial charge in [-0.2, -0.15) is 0 Å². The van der Waals surface area contributed by atoms with Crippen molar-refractivity contribution in [2.75, 3.05) is 0 Å². The lowest BCUT2D eigenvalue weighted by molar-refractivity contribution is -0.140. The Balaban J connectivity index is 1.51. The Hall–Kier alpha value is -2.13. The van der Waals surface area contributed by atoms with Crippen LogP contribution in [0.1, 0.15) is 49.2 Å². The van der Waals surface area contributed by atoms with Crippen LogP contribution in [0.3, 0.4) is 0 Å². The second kappa shape index (κ2) is 8.91. The lowest BCUT2D eigenvalue weighted by Crippen LogP contribution is -2.45. The van der Waals surface area contributed by atoms with Gasteiger partial charge >= 0.3 is 7.12 Å². The summed E-state index contributed by atoms with van der Waals surface area (Å²) >= 11 is 7.90. The quantitative estimate of drug-likeness (QED) is 0.481. The van der Waals surface area contributed by atoms with Crippen LogP contribution in [0.2, 0.25) is 5.02 Å². The summed E-state index contributed by atoms with van der Waals surface area (Å²) in [4.78, 5) is 29.3. The van der Waals surface area contributed by atoms with Gasteiger partial charge in [-0.05, 0) is 59.8 Å². The number of thiophene rings is 1. The van der Waals surface area contributed by atoms with Crippen LogP contribution in [0.25, 0.3) is 0 Å². The number of hydrogen-bond acceptors (Lipinski definition) is 6. The highest BCUT2D eigenvalue weighted by molar-refractivity contribution is 7.09. The molecule has 2 fully saturated rings. The maximum atomic E-state index is 13.6. The number of nitrogens with zero attached hydrogens (tertiary/aromatic N) is 1. The van der Waals surface area contributed by atoms with Crippen molar-refractivity contribution >= 4 is 41.9 Å². The summed E-state index contributed by atoms with van der Waals surface area (Å²) in [5, 5.41) is 23.0. The van der Waals surface area contributed by atoms with Gasteiger partial charge < -0.3 is 14.8 Å².